The molecule has 3 atom stereocenters. The van der Waals surface area contributed by atoms with E-state index in [0.717, 1.165) is 38.0 Å². The Balaban J connectivity index is 1.76. The van der Waals surface area contributed by atoms with E-state index < -0.39 is 11.5 Å². The first-order valence-corrected chi connectivity index (χ1v) is 8.29. The van der Waals surface area contributed by atoms with Gasteiger partial charge in [0.05, 0.1) is 6.10 Å². The van der Waals surface area contributed by atoms with Gasteiger partial charge in [-0.3, -0.25) is 10.1 Å². The topological polar surface area (TPSA) is 58.6 Å². The van der Waals surface area contributed by atoms with Crippen LogP contribution in [0.1, 0.15) is 46.0 Å². The summed E-state index contributed by atoms with van der Waals surface area (Å²) >= 11 is 1.84. The number of carboxylic acid groups (broad SMARTS) is 1. The molecule has 5 heteroatoms. The summed E-state index contributed by atoms with van der Waals surface area (Å²) in [6.45, 7) is 4.82. The van der Waals surface area contributed by atoms with E-state index in [1.54, 1.807) is 0 Å². The van der Waals surface area contributed by atoms with Crippen molar-refractivity contribution >= 4 is 17.7 Å². The predicted octanol–water partition coefficient (Wildman–Crippen LogP) is 2.27. The molecule has 0 spiro atoms. The molecule has 1 aliphatic carbocycles. The Hall–Kier alpha value is -0.260. The summed E-state index contributed by atoms with van der Waals surface area (Å²) in [4.78, 5) is 11.5. The molecule has 2 aliphatic rings. The van der Waals surface area contributed by atoms with Gasteiger partial charge in [-0.15, -0.1) is 0 Å². The van der Waals surface area contributed by atoms with E-state index >= 15 is 0 Å². The number of thioether (sulfide) groups is 1. The lowest BCUT2D eigenvalue weighted by atomic mass is 9.96. The van der Waals surface area contributed by atoms with Gasteiger partial charge >= 0.3 is 5.97 Å². The SMILES string of the molecule is CC(CC(C)(NC1CC1)C(=O)O)SCC1CCCO1. The highest BCUT2D eigenvalue weighted by atomic mass is 32.2. The van der Waals surface area contributed by atoms with Crippen LogP contribution in [0, 0.1) is 0 Å². The molecular weight excluding hydrogens is 262 g/mol. The average Bonchev–Trinajstić information content (AvgIpc) is 2.99. The second-order valence-corrected chi connectivity index (χ2v) is 7.51. The molecule has 3 unspecified atom stereocenters. The van der Waals surface area contributed by atoms with Gasteiger partial charge in [-0.1, -0.05) is 6.92 Å². The molecule has 0 aromatic carbocycles. The Labute approximate surface area is 119 Å². The summed E-state index contributed by atoms with van der Waals surface area (Å²) in [6, 6.07) is 0.413. The van der Waals surface area contributed by atoms with Crippen LogP contribution < -0.4 is 5.32 Å². The highest BCUT2D eigenvalue weighted by Crippen LogP contribution is 2.29. The van der Waals surface area contributed by atoms with Crippen molar-refractivity contribution in [1.29, 1.82) is 0 Å². The van der Waals surface area contributed by atoms with Gasteiger partial charge in [-0.05, 0) is 39.0 Å². The second kappa shape index (κ2) is 6.46. The molecule has 0 amide bonds. The van der Waals surface area contributed by atoms with Gasteiger partial charge in [0, 0.05) is 23.7 Å². The Kier molecular flexibility index (Phi) is 5.15. The van der Waals surface area contributed by atoms with E-state index in [1.165, 1.54) is 0 Å². The zero-order valence-corrected chi connectivity index (χ0v) is 12.7. The summed E-state index contributed by atoms with van der Waals surface area (Å²) in [5, 5.41) is 13.1. The molecule has 0 aromatic rings. The van der Waals surface area contributed by atoms with Crippen molar-refractivity contribution in [3.8, 4) is 0 Å². The maximum Gasteiger partial charge on any atom is 0.323 e. The van der Waals surface area contributed by atoms with Gasteiger partial charge in [0.2, 0.25) is 0 Å². The molecule has 0 bridgehead atoms. The number of hydrogen-bond donors (Lipinski definition) is 2. The monoisotopic (exact) mass is 287 g/mol. The maximum absolute atomic E-state index is 11.5. The molecule has 1 aliphatic heterocycles. The van der Waals surface area contributed by atoms with Crippen molar-refractivity contribution in [3.05, 3.63) is 0 Å². The van der Waals surface area contributed by atoms with Gasteiger partial charge in [0.15, 0.2) is 0 Å². The van der Waals surface area contributed by atoms with Crippen LogP contribution in [0.3, 0.4) is 0 Å². The molecule has 4 nitrogen and oxygen atoms in total. The fraction of sp³-hybridized carbons (Fsp3) is 0.929. The number of carbonyl (C=O) groups is 1. The van der Waals surface area contributed by atoms with Crippen molar-refractivity contribution in [2.75, 3.05) is 12.4 Å². The lowest BCUT2D eigenvalue weighted by molar-refractivity contribution is -0.144. The predicted molar refractivity (Wildman–Crippen MR) is 77.7 cm³/mol. The number of rotatable bonds is 8. The molecule has 1 heterocycles. The third kappa shape index (κ3) is 4.65. The molecule has 0 radical (unpaired) electrons. The van der Waals surface area contributed by atoms with E-state index in [9.17, 15) is 9.90 Å². The molecule has 19 heavy (non-hydrogen) atoms. The van der Waals surface area contributed by atoms with Crippen LogP contribution in [-0.2, 0) is 9.53 Å². The van der Waals surface area contributed by atoms with Gasteiger partial charge < -0.3 is 9.84 Å². The zero-order chi connectivity index (χ0) is 13.9. The van der Waals surface area contributed by atoms with Crippen molar-refractivity contribution < 1.29 is 14.6 Å². The Bertz CT molecular complexity index is 316. The van der Waals surface area contributed by atoms with Gasteiger partial charge in [-0.25, -0.2) is 0 Å². The van der Waals surface area contributed by atoms with Gasteiger partial charge in [0.1, 0.15) is 5.54 Å². The molecule has 1 saturated carbocycles. The van der Waals surface area contributed by atoms with Crippen molar-refractivity contribution in [3.63, 3.8) is 0 Å². The smallest absolute Gasteiger partial charge is 0.323 e. The van der Waals surface area contributed by atoms with Crippen molar-refractivity contribution in [1.82, 2.24) is 5.32 Å². The fourth-order valence-electron chi connectivity index (χ4n) is 2.57. The third-order valence-corrected chi connectivity index (χ3v) is 5.16. The van der Waals surface area contributed by atoms with E-state index in [2.05, 4.69) is 12.2 Å². The number of nitrogens with one attached hydrogen (secondary N) is 1. The van der Waals surface area contributed by atoms with E-state index in [1.807, 2.05) is 18.7 Å². The lowest BCUT2D eigenvalue weighted by Crippen LogP contribution is -2.52. The minimum Gasteiger partial charge on any atom is -0.480 e. The largest absolute Gasteiger partial charge is 0.480 e. The molecule has 0 aromatic heterocycles. The summed E-state index contributed by atoms with van der Waals surface area (Å²) in [5.74, 6) is 0.254. The van der Waals surface area contributed by atoms with Crippen LogP contribution in [0.25, 0.3) is 0 Å². The number of carboxylic acids is 1. The number of aliphatic carboxylic acids is 1. The van der Waals surface area contributed by atoms with Crippen molar-refractivity contribution in [2.24, 2.45) is 0 Å². The number of hydrogen-bond acceptors (Lipinski definition) is 4. The van der Waals surface area contributed by atoms with Crippen LogP contribution in [-0.4, -0.2) is 46.4 Å². The second-order valence-electron chi connectivity index (χ2n) is 6.04. The first-order valence-electron chi connectivity index (χ1n) is 7.24. The summed E-state index contributed by atoms with van der Waals surface area (Å²) in [7, 11) is 0. The zero-order valence-electron chi connectivity index (χ0n) is 11.9. The molecular formula is C14H25NO3S. The quantitative estimate of drug-likeness (QED) is 0.717. The van der Waals surface area contributed by atoms with Gasteiger partial charge in [0.25, 0.3) is 0 Å². The lowest BCUT2D eigenvalue weighted by Gasteiger charge is -2.29. The van der Waals surface area contributed by atoms with Gasteiger partial charge in [-0.2, -0.15) is 11.8 Å². The summed E-state index contributed by atoms with van der Waals surface area (Å²) in [5.41, 5.74) is -0.788. The summed E-state index contributed by atoms with van der Waals surface area (Å²) < 4.78 is 5.60. The Morgan fingerprint density at radius 3 is 2.79 bits per heavy atom. The molecule has 2 fully saturated rings. The molecule has 2 rings (SSSR count). The average molecular weight is 287 g/mol. The Morgan fingerprint density at radius 2 is 2.26 bits per heavy atom. The number of ether oxygens (including phenoxy) is 1. The summed E-state index contributed by atoms with van der Waals surface area (Å²) in [6.07, 6.45) is 5.57. The highest BCUT2D eigenvalue weighted by molar-refractivity contribution is 7.99. The van der Waals surface area contributed by atoms with E-state index in [4.69, 9.17) is 4.74 Å². The van der Waals surface area contributed by atoms with Crippen LogP contribution in [0.2, 0.25) is 0 Å². The first-order chi connectivity index (χ1) is 8.99. The minimum atomic E-state index is -0.788. The normalized spacial score (nSPS) is 28.0. The fourth-order valence-corrected chi connectivity index (χ4v) is 3.82. The minimum absolute atomic E-state index is 0.330. The van der Waals surface area contributed by atoms with Crippen LogP contribution >= 0.6 is 11.8 Å². The third-order valence-electron chi connectivity index (χ3n) is 3.86. The maximum atomic E-state index is 11.5. The van der Waals surface area contributed by atoms with Crippen molar-refractivity contribution in [2.45, 2.75) is 68.9 Å². The standard InChI is InChI=1S/C14H25NO3S/c1-10(19-9-12-4-3-7-18-12)8-14(2,13(16)17)15-11-5-6-11/h10-12,15H,3-9H2,1-2H3,(H,16,17). The molecule has 2 N–H and O–H groups in total. The van der Waals surface area contributed by atoms with Crippen LogP contribution in [0.5, 0.6) is 0 Å². The molecule has 110 valence electrons. The van der Waals surface area contributed by atoms with E-state index in [0.29, 0.717) is 23.8 Å². The van der Waals surface area contributed by atoms with Crippen LogP contribution in [0.4, 0.5) is 0 Å². The highest BCUT2D eigenvalue weighted by Gasteiger charge is 2.39. The molecule has 1 saturated heterocycles. The Morgan fingerprint density at radius 1 is 1.53 bits per heavy atom. The first kappa shape index (κ1) is 15.1. The van der Waals surface area contributed by atoms with Crippen LogP contribution in [0.15, 0.2) is 0 Å². The van der Waals surface area contributed by atoms with E-state index in [-0.39, 0.29) is 0 Å².